The van der Waals surface area contributed by atoms with Crippen LogP contribution in [0.4, 0.5) is 0 Å². The van der Waals surface area contributed by atoms with E-state index >= 15 is 0 Å². The molecule has 0 radical (unpaired) electrons. The van der Waals surface area contributed by atoms with Gasteiger partial charge >= 0.3 is 0 Å². The third-order valence-corrected chi connectivity index (χ3v) is 1.81. The van der Waals surface area contributed by atoms with Gasteiger partial charge in [-0.15, -0.1) is 0 Å². The van der Waals surface area contributed by atoms with Crippen LogP contribution in [-0.2, 0) is 0 Å². The van der Waals surface area contributed by atoms with Crippen molar-refractivity contribution in [2.24, 2.45) is 5.92 Å². The molecule has 1 saturated carbocycles. The van der Waals surface area contributed by atoms with E-state index in [9.17, 15) is 0 Å². The molecule has 0 bridgehead atoms. The van der Waals surface area contributed by atoms with Crippen molar-refractivity contribution in [3.63, 3.8) is 0 Å². The van der Waals surface area contributed by atoms with E-state index in [0.717, 1.165) is 12.8 Å². The van der Waals surface area contributed by atoms with Crippen LogP contribution in [-0.4, -0.2) is 22.5 Å². The highest BCUT2D eigenvalue weighted by atomic mass is 16.5. The molecule has 3 nitrogen and oxygen atoms in total. The van der Waals surface area contributed by atoms with Gasteiger partial charge < -0.3 is 10.3 Å². The minimum atomic E-state index is -0.173. The Morgan fingerprint density at radius 3 is 2.64 bits per heavy atom. The van der Waals surface area contributed by atoms with Gasteiger partial charge in [0.05, 0.1) is 12.1 Å². The Morgan fingerprint density at radius 2 is 2.18 bits per heavy atom. The molecule has 0 saturated heterocycles. The number of rotatable bonds is 1. The van der Waals surface area contributed by atoms with Crippen molar-refractivity contribution in [3.8, 4) is 11.8 Å². The van der Waals surface area contributed by atoms with Gasteiger partial charge in [-0.05, 0) is 19.8 Å². The Labute approximate surface area is 66.4 Å². The summed E-state index contributed by atoms with van der Waals surface area (Å²) < 4.78 is 0. The Morgan fingerprint density at radius 1 is 1.55 bits per heavy atom. The molecule has 1 unspecified atom stereocenters. The second kappa shape index (κ2) is 3.72. The largest absolute Gasteiger partial charge is 0.393 e. The Hall–Kier alpha value is -0.560. The fraction of sp³-hybridized carbons (Fsp3) is 0.750. The monoisotopic (exact) mass is 155 g/mol. The lowest BCUT2D eigenvalue weighted by atomic mass is 9.83. The third-order valence-electron chi connectivity index (χ3n) is 1.81. The summed E-state index contributed by atoms with van der Waals surface area (Å²) in [6.45, 7) is 1.78. The first-order chi connectivity index (χ1) is 5.22. The number of hydrogen-bond acceptors (Lipinski definition) is 3. The van der Waals surface area contributed by atoms with E-state index in [1.807, 2.05) is 5.48 Å². The molecule has 0 aromatic rings. The first kappa shape index (κ1) is 8.54. The van der Waals surface area contributed by atoms with E-state index in [4.69, 9.17) is 10.3 Å². The number of hydrogen-bond donors (Lipinski definition) is 3. The van der Waals surface area contributed by atoms with Crippen LogP contribution >= 0.6 is 0 Å². The smallest absolute Gasteiger partial charge is 0.0898 e. The molecule has 0 spiro atoms. The molecular weight excluding hydrogens is 142 g/mol. The zero-order chi connectivity index (χ0) is 8.27. The summed E-state index contributed by atoms with van der Waals surface area (Å²) in [5, 5.41) is 17.3. The first-order valence-corrected chi connectivity index (χ1v) is 3.81. The maximum absolute atomic E-state index is 8.91. The standard InChI is InChI=1S/C8H13NO2/c1-6(9-11)2-3-7-4-8(10)5-7/h6-11H,4-5H2,1H3. The zero-order valence-corrected chi connectivity index (χ0v) is 6.54. The molecule has 0 aliphatic heterocycles. The van der Waals surface area contributed by atoms with Crippen LogP contribution in [0.5, 0.6) is 0 Å². The van der Waals surface area contributed by atoms with Crippen LogP contribution in [0.3, 0.4) is 0 Å². The molecule has 1 aliphatic rings. The van der Waals surface area contributed by atoms with Crippen LogP contribution in [0.2, 0.25) is 0 Å². The molecule has 0 amide bonds. The van der Waals surface area contributed by atoms with Gasteiger partial charge in [-0.25, -0.2) is 0 Å². The average Bonchev–Trinajstić information content (AvgIpc) is 1.95. The second-order valence-electron chi connectivity index (χ2n) is 2.96. The first-order valence-electron chi connectivity index (χ1n) is 3.81. The molecule has 0 aromatic heterocycles. The van der Waals surface area contributed by atoms with E-state index in [1.165, 1.54) is 0 Å². The molecule has 1 rings (SSSR count). The van der Waals surface area contributed by atoms with Gasteiger partial charge in [0.25, 0.3) is 0 Å². The molecule has 0 heterocycles. The quantitative estimate of drug-likeness (QED) is 0.372. The normalized spacial score (nSPS) is 31.5. The van der Waals surface area contributed by atoms with Crippen molar-refractivity contribution in [1.82, 2.24) is 5.48 Å². The molecule has 62 valence electrons. The van der Waals surface area contributed by atoms with Crippen molar-refractivity contribution < 1.29 is 10.3 Å². The van der Waals surface area contributed by atoms with E-state index in [-0.39, 0.29) is 12.1 Å². The molecule has 1 aliphatic carbocycles. The average molecular weight is 155 g/mol. The van der Waals surface area contributed by atoms with Crippen LogP contribution in [0.1, 0.15) is 19.8 Å². The van der Waals surface area contributed by atoms with Crippen LogP contribution < -0.4 is 5.48 Å². The lowest BCUT2D eigenvalue weighted by Gasteiger charge is -2.26. The lowest BCUT2D eigenvalue weighted by molar-refractivity contribution is 0.0664. The maximum Gasteiger partial charge on any atom is 0.0898 e. The summed E-state index contributed by atoms with van der Waals surface area (Å²) in [6.07, 6.45) is 1.42. The predicted molar refractivity (Wildman–Crippen MR) is 40.9 cm³/mol. The Bertz CT molecular complexity index is 176. The highest BCUT2D eigenvalue weighted by molar-refractivity contribution is 5.12. The van der Waals surface area contributed by atoms with Crippen LogP contribution in [0, 0.1) is 17.8 Å². The highest BCUT2D eigenvalue weighted by Gasteiger charge is 2.24. The van der Waals surface area contributed by atoms with Crippen LogP contribution in [0.25, 0.3) is 0 Å². The predicted octanol–water partition coefficient (Wildman–Crippen LogP) is 0.128. The molecule has 1 atom stereocenters. The molecule has 0 aromatic carbocycles. The van der Waals surface area contributed by atoms with Crippen molar-refractivity contribution >= 4 is 0 Å². The second-order valence-corrected chi connectivity index (χ2v) is 2.96. The summed E-state index contributed by atoms with van der Waals surface area (Å²) in [7, 11) is 0. The summed E-state index contributed by atoms with van der Waals surface area (Å²) in [4.78, 5) is 0. The van der Waals surface area contributed by atoms with E-state index in [0.29, 0.717) is 5.92 Å². The van der Waals surface area contributed by atoms with Gasteiger partial charge in [0, 0.05) is 5.92 Å². The number of hydroxylamine groups is 1. The highest BCUT2D eigenvalue weighted by Crippen LogP contribution is 2.25. The topological polar surface area (TPSA) is 52.5 Å². The third kappa shape index (κ3) is 2.51. The molecule has 3 N–H and O–H groups in total. The molecule has 1 fully saturated rings. The van der Waals surface area contributed by atoms with E-state index < -0.39 is 0 Å². The number of aliphatic hydroxyl groups is 1. The molecule has 3 heteroatoms. The Balaban J connectivity index is 2.22. The lowest BCUT2D eigenvalue weighted by Crippen LogP contribution is -2.27. The summed E-state index contributed by atoms with van der Waals surface area (Å²) in [5.41, 5.74) is 2.04. The van der Waals surface area contributed by atoms with Crippen LogP contribution in [0.15, 0.2) is 0 Å². The van der Waals surface area contributed by atoms with Gasteiger partial charge in [-0.1, -0.05) is 11.8 Å². The number of aliphatic hydroxyl groups excluding tert-OH is 1. The van der Waals surface area contributed by atoms with E-state index in [2.05, 4.69) is 11.8 Å². The van der Waals surface area contributed by atoms with Gasteiger partial charge in [0.2, 0.25) is 0 Å². The van der Waals surface area contributed by atoms with Crippen molar-refractivity contribution in [2.75, 3.05) is 0 Å². The van der Waals surface area contributed by atoms with Gasteiger partial charge in [0.15, 0.2) is 0 Å². The number of nitrogens with one attached hydrogen (secondary N) is 1. The Kier molecular flexibility index (Phi) is 2.89. The fourth-order valence-corrected chi connectivity index (χ4v) is 0.981. The SMILES string of the molecule is CC(C#CC1CC(O)C1)NO. The van der Waals surface area contributed by atoms with Gasteiger partial charge in [-0.2, -0.15) is 5.48 Å². The summed E-state index contributed by atoms with van der Waals surface area (Å²) >= 11 is 0. The molecule has 11 heavy (non-hydrogen) atoms. The van der Waals surface area contributed by atoms with Crippen molar-refractivity contribution in [2.45, 2.75) is 31.9 Å². The maximum atomic E-state index is 8.91. The van der Waals surface area contributed by atoms with Crippen molar-refractivity contribution in [1.29, 1.82) is 0 Å². The summed E-state index contributed by atoms with van der Waals surface area (Å²) in [6, 6.07) is -0.173. The fourth-order valence-electron chi connectivity index (χ4n) is 0.981. The zero-order valence-electron chi connectivity index (χ0n) is 6.54. The van der Waals surface area contributed by atoms with Crippen molar-refractivity contribution in [3.05, 3.63) is 0 Å². The van der Waals surface area contributed by atoms with Gasteiger partial charge in [0.1, 0.15) is 0 Å². The van der Waals surface area contributed by atoms with E-state index in [1.54, 1.807) is 6.92 Å². The molecular formula is C8H13NO2. The van der Waals surface area contributed by atoms with Gasteiger partial charge in [-0.3, -0.25) is 0 Å². The minimum absolute atomic E-state index is 0.147. The minimum Gasteiger partial charge on any atom is -0.393 e. The summed E-state index contributed by atoms with van der Waals surface area (Å²) in [5.74, 6) is 6.13.